The Morgan fingerprint density at radius 3 is 2.67 bits per heavy atom. The molecule has 1 aromatic rings. The van der Waals surface area contributed by atoms with Crippen molar-refractivity contribution in [1.82, 2.24) is 0 Å². The summed E-state index contributed by atoms with van der Waals surface area (Å²) in [4.78, 5) is 24.5. The number of hydrogen-bond acceptors (Lipinski definition) is 4. The molecule has 0 aliphatic carbocycles. The number of benzene rings is 1. The molecule has 0 saturated heterocycles. The largest absolute Gasteiger partial charge is 0.478 e. The number of fused-ring (bicyclic) bond motifs is 1. The first-order valence-corrected chi connectivity index (χ1v) is 8.68. The number of carbonyl (C=O) groups is 2. The third-order valence-electron chi connectivity index (χ3n) is 3.42. The van der Waals surface area contributed by atoms with E-state index in [1.54, 1.807) is 17.0 Å². The number of aromatic carboxylic acids is 1. The minimum Gasteiger partial charge on any atom is -0.478 e. The molecule has 1 heterocycles. The fourth-order valence-corrected chi connectivity index (χ4v) is 3.08. The van der Waals surface area contributed by atoms with E-state index in [1.807, 2.05) is 0 Å². The molecule has 0 saturated carbocycles. The maximum absolute atomic E-state index is 12.0. The predicted octanol–water partition coefficient (Wildman–Crippen LogP) is 1.10. The maximum atomic E-state index is 12.0. The number of amides is 1. The van der Waals surface area contributed by atoms with Gasteiger partial charge in [0.2, 0.25) is 5.91 Å². The van der Waals surface area contributed by atoms with E-state index in [0.717, 1.165) is 11.8 Å². The lowest BCUT2D eigenvalue weighted by molar-refractivity contribution is -0.118. The van der Waals surface area contributed by atoms with E-state index < -0.39 is 15.8 Å². The van der Waals surface area contributed by atoms with Crippen molar-refractivity contribution in [2.75, 3.05) is 23.5 Å². The van der Waals surface area contributed by atoms with Crippen LogP contribution in [0.5, 0.6) is 0 Å². The predicted molar refractivity (Wildman–Crippen MR) is 78.4 cm³/mol. The summed E-state index contributed by atoms with van der Waals surface area (Å²) in [6.45, 7) is 0.325. The number of carbonyl (C=O) groups excluding carboxylic acids is 1. The van der Waals surface area contributed by atoms with Crippen molar-refractivity contribution < 1.29 is 23.1 Å². The van der Waals surface area contributed by atoms with Crippen LogP contribution in [-0.4, -0.2) is 44.0 Å². The van der Waals surface area contributed by atoms with E-state index in [2.05, 4.69) is 0 Å². The summed E-state index contributed by atoms with van der Waals surface area (Å²) < 4.78 is 22.3. The van der Waals surface area contributed by atoms with Crippen LogP contribution in [-0.2, 0) is 21.1 Å². The molecular formula is C14H17NO5S. The minimum absolute atomic E-state index is 0.0271. The number of aryl methyl sites for hydroxylation is 1. The quantitative estimate of drug-likeness (QED) is 0.879. The summed E-state index contributed by atoms with van der Waals surface area (Å²) in [6, 6.07) is 4.66. The second kappa shape index (κ2) is 5.85. The molecule has 1 aliphatic heterocycles. The molecule has 1 N–H and O–H groups in total. The zero-order chi connectivity index (χ0) is 15.6. The summed E-state index contributed by atoms with van der Waals surface area (Å²) in [7, 11) is -3.05. The molecule has 2 rings (SSSR count). The number of rotatable bonds is 5. The molecule has 0 unspecified atom stereocenters. The Hall–Kier alpha value is -1.89. The van der Waals surface area contributed by atoms with Crippen molar-refractivity contribution >= 4 is 27.4 Å². The third-order valence-corrected chi connectivity index (χ3v) is 4.45. The molecule has 0 radical (unpaired) electrons. The van der Waals surface area contributed by atoms with Gasteiger partial charge in [-0.3, -0.25) is 4.79 Å². The van der Waals surface area contributed by atoms with Crippen LogP contribution >= 0.6 is 0 Å². The first-order chi connectivity index (χ1) is 9.78. The van der Waals surface area contributed by atoms with E-state index in [0.29, 0.717) is 31.5 Å². The van der Waals surface area contributed by atoms with Crippen LogP contribution < -0.4 is 4.90 Å². The highest BCUT2D eigenvalue weighted by Gasteiger charge is 2.24. The van der Waals surface area contributed by atoms with Gasteiger partial charge in [-0.15, -0.1) is 0 Å². The van der Waals surface area contributed by atoms with Crippen molar-refractivity contribution in [3.8, 4) is 0 Å². The van der Waals surface area contributed by atoms with Crippen molar-refractivity contribution in [1.29, 1.82) is 0 Å². The van der Waals surface area contributed by atoms with Crippen LogP contribution in [0.2, 0.25) is 0 Å². The minimum atomic E-state index is -3.05. The zero-order valence-electron chi connectivity index (χ0n) is 11.7. The summed E-state index contributed by atoms with van der Waals surface area (Å²) >= 11 is 0. The van der Waals surface area contributed by atoms with Gasteiger partial charge in [0.1, 0.15) is 9.84 Å². The van der Waals surface area contributed by atoms with Crippen molar-refractivity contribution in [3.05, 3.63) is 29.3 Å². The molecule has 0 aromatic heterocycles. The van der Waals surface area contributed by atoms with Gasteiger partial charge in [-0.05, 0) is 36.6 Å². The summed E-state index contributed by atoms with van der Waals surface area (Å²) in [5, 5.41) is 8.99. The lowest BCUT2D eigenvalue weighted by atomic mass is 9.98. The molecule has 0 atom stereocenters. The second-order valence-corrected chi connectivity index (χ2v) is 7.44. The van der Waals surface area contributed by atoms with Gasteiger partial charge >= 0.3 is 5.97 Å². The Kier molecular flexibility index (Phi) is 4.32. The van der Waals surface area contributed by atoms with Gasteiger partial charge in [0, 0.05) is 24.9 Å². The van der Waals surface area contributed by atoms with Crippen LogP contribution in [0.1, 0.15) is 28.8 Å². The topological polar surface area (TPSA) is 91.8 Å². The van der Waals surface area contributed by atoms with Gasteiger partial charge in [0.25, 0.3) is 0 Å². The highest BCUT2D eigenvalue weighted by molar-refractivity contribution is 7.90. The molecular weight excluding hydrogens is 294 g/mol. The Bertz CT molecular complexity index is 681. The van der Waals surface area contributed by atoms with Crippen molar-refractivity contribution in [2.45, 2.75) is 19.3 Å². The molecule has 1 aliphatic rings. The number of sulfone groups is 1. The van der Waals surface area contributed by atoms with Crippen LogP contribution in [0, 0.1) is 0 Å². The van der Waals surface area contributed by atoms with E-state index in [4.69, 9.17) is 5.11 Å². The molecule has 1 amide bonds. The van der Waals surface area contributed by atoms with Crippen molar-refractivity contribution in [2.24, 2.45) is 0 Å². The van der Waals surface area contributed by atoms with E-state index in [9.17, 15) is 18.0 Å². The molecule has 6 nitrogen and oxygen atoms in total. The Morgan fingerprint density at radius 1 is 1.33 bits per heavy atom. The van der Waals surface area contributed by atoms with Crippen LogP contribution in [0.4, 0.5) is 5.69 Å². The number of hydrogen-bond donors (Lipinski definition) is 1. The molecule has 0 spiro atoms. The zero-order valence-corrected chi connectivity index (χ0v) is 12.5. The van der Waals surface area contributed by atoms with E-state index in [1.165, 1.54) is 6.07 Å². The lowest BCUT2D eigenvalue weighted by Crippen LogP contribution is -2.36. The molecule has 114 valence electrons. The molecule has 21 heavy (non-hydrogen) atoms. The van der Waals surface area contributed by atoms with Gasteiger partial charge in [-0.25, -0.2) is 13.2 Å². The number of nitrogens with zero attached hydrogens (tertiary/aromatic N) is 1. The SMILES string of the molecule is CS(=O)(=O)CCCN1C(=O)CCc2cc(C(=O)O)ccc21. The first-order valence-electron chi connectivity index (χ1n) is 6.62. The van der Waals surface area contributed by atoms with Crippen LogP contribution in [0.25, 0.3) is 0 Å². The summed E-state index contributed by atoms with van der Waals surface area (Å²) in [5.74, 6) is -1.03. The molecule has 7 heteroatoms. The summed E-state index contributed by atoms with van der Waals surface area (Å²) in [6.07, 6.45) is 2.36. The normalized spacial score (nSPS) is 14.9. The third kappa shape index (κ3) is 3.81. The van der Waals surface area contributed by atoms with Crippen LogP contribution in [0.3, 0.4) is 0 Å². The fourth-order valence-electron chi connectivity index (χ4n) is 2.42. The highest BCUT2D eigenvalue weighted by atomic mass is 32.2. The van der Waals surface area contributed by atoms with Gasteiger partial charge in [0.15, 0.2) is 0 Å². The smallest absolute Gasteiger partial charge is 0.335 e. The highest BCUT2D eigenvalue weighted by Crippen LogP contribution is 2.29. The standard InChI is InChI=1S/C14H17NO5S/c1-21(19,20)8-2-7-15-12-5-3-11(14(17)18)9-10(12)4-6-13(15)16/h3,5,9H,2,4,6-8H2,1H3,(H,17,18). The van der Waals surface area contributed by atoms with Gasteiger partial charge in [-0.1, -0.05) is 0 Å². The molecule has 1 aromatic carbocycles. The molecule has 0 fully saturated rings. The van der Waals surface area contributed by atoms with E-state index >= 15 is 0 Å². The Labute approximate surface area is 123 Å². The van der Waals surface area contributed by atoms with Crippen molar-refractivity contribution in [3.63, 3.8) is 0 Å². The van der Waals surface area contributed by atoms with Gasteiger partial charge in [-0.2, -0.15) is 0 Å². The number of carboxylic acid groups (broad SMARTS) is 1. The Balaban J connectivity index is 2.20. The second-order valence-electron chi connectivity index (χ2n) is 5.18. The average molecular weight is 311 g/mol. The first kappa shape index (κ1) is 15.5. The van der Waals surface area contributed by atoms with Gasteiger partial charge in [0.05, 0.1) is 11.3 Å². The lowest BCUT2D eigenvalue weighted by Gasteiger charge is -2.29. The average Bonchev–Trinajstić information content (AvgIpc) is 2.39. The number of carboxylic acids is 1. The molecule has 0 bridgehead atoms. The summed E-state index contributed by atoms with van der Waals surface area (Å²) in [5.41, 5.74) is 1.69. The fraction of sp³-hybridized carbons (Fsp3) is 0.429. The maximum Gasteiger partial charge on any atom is 0.335 e. The Morgan fingerprint density at radius 2 is 2.05 bits per heavy atom. The number of anilines is 1. The monoisotopic (exact) mass is 311 g/mol. The van der Waals surface area contributed by atoms with Crippen LogP contribution in [0.15, 0.2) is 18.2 Å². The van der Waals surface area contributed by atoms with E-state index in [-0.39, 0.29) is 17.2 Å². The van der Waals surface area contributed by atoms with Gasteiger partial charge < -0.3 is 10.0 Å².